The Morgan fingerprint density at radius 3 is 1.42 bits per heavy atom. The molecule has 3 aromatic carbocycles. The quantitative estimate of drug-likeness (QED) is 0.385. The second-order valence-corrected chi connectivity index (χ2v) is 6.08. The van der Waals surface area contributed by atoms with Crippen molar-refractivity contribution < 1.29 is 0 Å². The fourth-order valence-electron chi connectivity index (χ4n) is 3.95. The van der Waals surface area contributed by atoms with Crippen LogP contribution in [-0.4, -0.2) is 0 Å². The molecule has 0 saturated heterocycles. The fourth-order valence-corrected chi connectivity index (χ4v) is 3.95. The summed E-state index contributed by atoms with van der Waals surface area (Å²) in [6.45, 7) is 0. The molecule has 0 fully saturated rings. The van der Waals surface area contributed by atoms with Crippen LogP contribution in [0.4, 0.5) is 0 Å². The Morgan fingerprint density at radius 1 is 0.583 bits per heavy atom. The Kier molecular flexibility index (Phi) is 2.44. The molecule has 0 aliphatic heterocycles. The zero-order valence-corrected chi connectivity index (χ0v) is 12.9. The molecule has 0 unspecified atom stereocenters. The summed E-state index contributed by atoms with van der Waals surface area (Å²) in [5.41, 5.74) is 8.78. The lowest BCUT2D eigenvalue weighted by molar-refractivity contribution is 1.48. The third-order valence-corrected chi connectivity index (χ3v) is 4.93. The lowest BCUT2D eigenvalue weighted by atomic mass is 9.91. The molecule has 0 nitrogen and oxygen atoms in total. The maximum absolute atomic E-state index is 5.94. The number of benzene rings is 3. The minimum absolute atomic E-state index is 0.941. The topological polar surface area (TPSA) is 0 Å². The Hall–Kier alpha value is -3.48. The number of hydrogen-bond donors (Lipinski definition) is 0. The van der Waals surface area contributed by atoms with Crippen molar-refractivity contribution in [1.29, 1.82) is 0 Å². The van der Waals surface area contributed by atoms with Gasteiger partial charge in [0.25, 0.3) is 0 Å². The van der Waals surface area contributed by atoms with E-state index in [-0.39, 0.29) is 0 Å². The molecule has 0 aromatic heterocycles. The van der Waals surface area contributed by atoms with Crippen LogP contribution in [0.3, 0.4) is 0 Å². The number of fused-ring (bicyclic) bond motifs is 6. The summed E-state index contributed by atoms with van der Waals surface area (Å²) in [5.74, 6) is 5.87. The van der Waals surface area contributed by atoms with Crippen molar-refractivity contribution in [3.05, 3.63) is 81.2 Å². The van der Waals surface area contributed by atoms with Crippen LogP contribution in [0.1, 0.15) is 22.3 Å². The lowest BCUT2D eigenvalue weighted by Gasteiger charge is -2.10. The summed E-state index contributed by atoms with van der Waals surface area (Å²) < 4.78 is 0. The average Bonchev–Trinajstić information content (AvgIpc) is 3.18. The van der Waals surface area contributed by atoms with Gasteiger partial charge in [-0.2, -0.15) is 0 Å². The Balaban J connectivity index is 2.06. The standard InChI is InChI=1S/C24H12/c1-3-17-21-13-15-9-6-8-12-20(15)24(21)18(4-2)22-14-16-10-5-7-11-19(16)23(17)22/h1-2,5-14H. The first-order chi connectivity index (χ1) is 11.8. The van der Waals surface area contributed by atoms with E-state index in [1.54, 1.807) is 0 Å². The molecule has 0 heteroatoms. The van der Waals surface area contributed by atoms with Gasteiger partial charge in [-0.15, -0.1) is 12.8 Å². The van der Waals surface area contributed by atoms with E-state index in [0.717, 1.165) is 32.7 Å². The van der Waals surface area contributed by atoms with Gasteiger partial charge >= 0.3 is 0 Å². The Bertz CT molecular complexity index is 1150. The summed E-state index contributed by atoms with van der Waals surface area (Å²) in [6.07, 6.45) is 16.2. The number of hydrogen-bond acceptors (Lipinski definition) is 0. The SMILES string of the molecule is C#Cc1c2c(c(C#C)c3c1=Cc1ccccc1-3)=Cc1ccccc1-2. The molecular formula is C24H12. The van der Waals surface area contributed by atoms with E-state index >= 15 is 0 Å². The second-order valence-electron chi connectivity index (χ2n) is 6.08. The van der Waals surface area contributed by atoms with Crippen molar-refractivity contribution in [2.45, 2.75) is 0 Å². The van der Waals surface area contributed by atoms with Crippen LogP contribution in [0.2, 0.25) is 0 Å². The zero-order chi connectivity index (χ0) is 16.3. The smallest absolute Gasteiger partial charge is 0.0407 e. The maximum atomic E-state index is 5.94. The monoisotopic (exact) mass is 300 g/mol. The molecule has 24 heavy (non-hydrogen) atoms. The molecule has 0 spiro atoms. The zero-order valence-electron chi connectivity index (χ0n) is 12.9. The van der Waals surface area contributed by atoms with E-state index in [9.17, 15) is 0 Å². The third kappa shape index (κ3) is 1.45. The molecular weight excluding hydrogens is 288 g/mol. The van der Waals surface area contributed by atoms with Crippen molar-refractivity contribution in [2.75, 3.05) is 0 Å². The highest BCUT2D eigenvalue weighted by atomic mass is 14.3. The van der Waals surface area contributed by atoms with Gasteiger partial charge in [-0.05, 0) is 34.4 Å². The molecule has 0 bridgehead atoms. The highest BCUT2D eigenvalue weighted by Gasteiger charge is 2.25. The van der Waals surface area contributed by atoms with Gasteiger partial charge < -0.3 is 0 Å². The molecule has 0 N–H and O–H groups in total. The van der Waals surface area contributed by atoms with Gasteiger partial charge in [0.1, 0.15) is 0 Å². The summed E-state index contributed by atoms with van der Waals surface area (Å²) in [7, 11) is 0. The third-order valence-electron chi connectivity index (χ3n) is 4.93. The van der Waals surface area contributed by atoms with Crippen LogP contribution >= 0.6 is 0 Å². The molecule has 0 radical (unpaired) electrons. The van der Waals surface area contributed by atoms with Crippen molar-refractivity contribution >= 4 is 12.2 Å². The van der Waals surface area contributed by atoms with Gasteiger partial charge in [0.05, 0.1) is 0 Å². The van der Waals surface area contributed by atoms with Crippen LogP contribution in [-0.2, 0) is 0 Å². The second kappa shape index (κ2) is 4.51. The highest BCUT2D eigenvalue weighted by Crippen LogP contribution is 2.34. The summed E-state index contributed by atoms with van der Waals surface area (Å²) in [4.78, 5) is 0. The Morgan fingerprint density at radius 2 is 1.00 bits per heavy atom. The first-order valence-electron chi connectivity index (χ1n) is 7.89. The fraction of sp³-hybridized carbons (Fsp3) is 0. The van der Waals surface area contributed by atoms with Crippen molar-refractivity contribution in [3.63, 3.8) is 0 Å². The first kappa shape index (κ1) is 13.0. The molecule has 2 aliphatic rings. The van der Waals surface area contributed by atoms with Crippen LogP contribution in [0.15, 0.2) is 48.5 Å². The van der Waals surface area contributed by atoms with E-state index in [2.05, 4.69) is 48.3 Å². The van der Waals surface area contributed by atoms with E-state index < -0.39 is 0 Å². The number of rotatable bonds is 0. The van der Waals surface area contributed by atoms with Gasteiger partial charge in [-0.25, -0.2) is 0 Å². The van der Waals surface area contributed by atoms with Crippen molar-refractivity contribution in [2.24, 2.45) is 0 Å². The highest BCUT2D eigenvalue weighted by molar-refractivity contribution is 5.95. The molecule has 3 aromatic rings. The normalized spacial score (nSPS) is 11.9. The predicted octanol–water partition coefficient (Wildman–Crippen LogP) is 3.27. The predicted molar refractivity (Wildman–Crippen MR) is 99.6 cm³/mol. The first-order valence-corrected chi connectivity index (χ1v) is 7.89. The van der Waals surface area contributed by atoms with E-state index in [4.69, 9.17) is 12.8 Å². The van der Waals surface area contributed by atoms with E-state index in [1.807, 2.05) is 24.3 Å². The molecule has 0 saturated carbocycles. The van der Waals surface area contributed by atoms with Gasteiger partial charge in [-0.1, -0.05) is 60.4 Å². The Labute approximate surface area is 140 Å². The average molecular weight is 300 g/mol. The molecule has 2 aliphatic carbocycles. The van der Waals surface area contributed by atoms with Crippen molar-refractivity contribution in [3.8, 4) is 46.9 Å². The van der Waals surface area contributed by atoms with Gasteiger partial charge in [0.2, 0.25) is 0 Å². The van der Waals surface area contributed by atoms with Crippen LogP contribution in [0.25, 0.3) is 34.4 Å². The van der Waals surface area contributed by atoms with E-state index in [0.29, 0.717) is 0 Å². The van der Waals surface area contributed by atoms with Gasteiger partial charge in [-0.3, -0.25) is 0 Å². The molecule has 0 heterocycles. The molecule has 108 valence electrons. The minimum atomic E-state index is 0.941. The summed E-state index contributed by atoms with van der Waals surface area (Å²) in [6, 6.07) is 16.6. The van der Waals surface area contributed by atoms with Crippen LogP contribution in [0, 0.1) is 24.7 Å². The minimum Gasteiger partial charge on any atom is -0.115 e. The van der Waals surface area contributed by atoms with Crippen LogP contribution < -0.4 is 10.4 Å². The summed E-state index contributed by atoms with van der Waals surface area (Å²) >= 11 is 0. The largest absolute Gasteiger partial charge is 0.115 e. The molecule has 0 amide bonds. The number of terminal acetylenes is 2. The summed E-state index contributed by atoms with van der Waals surface area (Å²) in [5, 5.41) is 2.16. The molecule has 5 rings (SSSR count). The molecule has 0 atom stereocenters. The maximum Gasteiger partial charge on any atom is 0.0407 e. The van der Waals surface area contributed by atoms with Gasteiger partial charge in [0.15, 0.2) is 0 Å². The van der Waals surface area contributed by atoms with Crippen LogP contribution in [0.5, 0.6) is 0 Å². The van der Waals surface area contributed by atoms with Gasteiger partial charge in [0, 0.05) is 32.7 Å². The van der Waals surface area contributed by atoms with E-state index in [1.165, 1.54) is 22.3 Å². The van der Waals surface area contributed by atoms with Crippen molar-refractivity contribution in [1.82, 2.24) is 0 Å². The lowest BCUT2D eigenvalue weighted by Crippen LogP contribution is -2.21.